The molecule has 5 rings (SSSR count). The SMILES string of the molecule is C/C(NC(=O)/N=c1\scc(C)n1-c1ccccc1C(C)C)=C(/C)c1ccc(-c2ncn(-c3ccc(OC(F)(F)F)cc3)n2)cc1. The summed E-state index contributed by atoms with van der Waals surface area (Å²) in [4.78, 5) is 22.3. The molecule has 0 saturated carbocycles. The van der Waals surface area contributed by atoms with Crippen molar-refractivity contribution < 1.29 is 22.7 Å². The molecule has 0 fully saturated rings. The zero-order valence-electron chi connectivity index (χ0n) is 25.3. The van der Waals surface area contributed by atoms with Crippen LogP contribution in [0.4, 0.5) is 18.0 Å². The first-order valence-corrected chi connectivity index (χ1v) is 15.0. The van der Waals surface area contributed by atoms with Crippen molar-refractivity contribution in [3.05, 3.63) is 112 Å². The number of halogens is 3. The largest absolute Gasteiger partial charge is 0.573 e. The van der Waals surface area contributed by atoms with Crippen LogP contribution in [0, 0.1) is 6.92 Å². The highest BCUT2D eigenvalue weighted by molar-refractivity contribution is 7.07. The zero-order valence-corrected chi connectivity index (χ0v) is 26.1. The van der Waals surface area contributed by atoms with Gasteiger partial charge in [0.15, 0.2) is 10.6 Å². The number of carbonyl (C=O) groups is 1. The number of thiazole rings is 1. The molecule has 0 bridgehead atoms. The predicted octanol–water partition coefficient (Wildman–Crippen LogP) is 8.18. The summed E-state index contributed by atoms with van der Waals surface area (Å²) in [6.07, 6.45) is -3.27. The van der Waals surface area contributed by atoms with Crippen molar-refractivity contribution in [2.45, 2.75) is 46.9 Å². The number of hydrogen-bond donors (Lipinski definition) is 1. The minimum absolute atomic E-state index is 0.308. The molecule has 0 aliphatic rings. The molecule has 0 atom stereocenters. The van der Waals surface area contributed by atoms with E-state index in [-0.39, 0.29) is 5.75 Å². The van der Waals surface area contributed by atoms with E-state index in [1.54, 1.807) is 0 Å². The van der Waals surface area contributed by atoms with Crippen molar-refractivity contribution in [3.63, 3.8) is 0 Å². The summed E-state index contributed by atoms with van der Waals surface area (Å²) in [6, 6.07) is 20.6. The first kappa shape index (κ1) is 31.5. The van der Waals surface area contributed by atoms with Gasteiger partial charge in [0.05, 0.1) is 11.4 Å². The number of amides is 2. The third-order valence-electron chi connectivity index (χ3n) is 7.14. The lowest BCUT2D eigenvalue weighted by molar-refractivity contribution is -0.274. The molecule has 45 heavy (non-hydrogen) atoms. The Kier molecular flexibility index (Phi) is 9.05. The van der Waals surface area contributed by atoms with Gasteiger partial charge in [-0.05, 0) is 73.7 Å². The van der Waals surface area contributed by atoms with Gasteiger partial charge in [-0.25, -0.2) is 14.5 Å². The Bertz CT molecular complexity index is 1920. The van der Waals surface area contributed by atoms with Crippen LogP contribution in [0.25, 0.3) is 28.3 Å². The molecule has 0 spiro atoms. The summed E-state index contributed by atoms with van der Waals surface area (Å²) in [6.45, 7) is 10.0. The normalized spacial score (nSPS) is 12.8. The highest BCUT2D eigenvalue weighted by Gasteiger charge is 2.31. The van der Waals surface area contributed by atoms with Gasteiger partial charge in [0, 0.05) is 22.3 Å². The number of para-hydroxylation sites is 1. The number of allylic oxidation sites excluding steroid dienone is 2. The van der Waals surface area contributed by atoms with E-state index in [1.807, 2.05) is 73.2 Å². The Labute approximate surface area is 262 Å². The van der Waals surface area contributed by atoms with Gasteiger partial charge in [-0.1, -0.05) is 56.3 Å². The molecule has 2 heterocycles. The second-order valence-corrected chi connectivity index (χ2v) is 11.5. The number of hydrogen-bond acceptors (Lipinski definition) is 5. The van der Waals surface area contributed by atoms with Crippen LogP contribution in [0.3, 0.4) is 0 Å². The van der Waals surface area contributed by atoms with E-state index in [4.69, 9.17) is 0 Å². The molecular weight excluding hydrogens is 601 g/mol. The molecule has 2 aromatic heterocycles. The highest BCUT2D eigenvalue weighted by Crippen LogP contribution is 2.26. The maximum atomic E-state index is 13.0. The van der Waals surface area contributed by atoms with Crippen molar-refractivity contribution in [3.8, 4) is 28.5 Å². The van der Waals surface area contributed by atoms with Crippen LogP contribution >= 0.6 is 11.3 Å². The highest BCUT2D eigenvalue weighted by atomic mass is 32.1. The van der Waals surface area contributed by atoms with E-state index in [2.05, 4.69) is 45.0 Å². The molecule has 0 unspecified atom stereocenters. The van der Waals surface area contributed by atoms with Crippen LogP contribution in [0.2, 0.25) is 0 Å². The Morgan fingerprint density at radius 1 is 1.00 bits per heavy atom. The quantitative estimate of drug-likeness (QED) is 0.196. The van der Waals surface area contributed by atoms with Gasteiger partial charge in [-0.15, -0.1) is 29.6 Å². The van der Waals surface area contributed by atoms with E-state index in [9.17, 15) is 18.0 Å². The van der Waals surface area contributed by atoms with Crippen LogP contribution in [0.5, 0.6) is 5.75 Å². The standard InChI is InChI=1S/C33H31F3N6O2S/c1-20(2)28-8-6-7-9-29(28)42-21(3)18-45-32(42)39-31(43)38-23(5)22(4)24-10-12-25(13-11-24)30-37-19-41(40-30)26-14-16-27(17-15-26)44-33(34,35)36/h6-20H,1-5H3,(H,38,43)/b23-22+,39-32-. The third kappa shape index (κ3) is 7.40. The number of rotatable bonds is 7. The Balaban J connectivity index is 1.30. The monoisotopic (exact) mass is 632 g/mol. The van der Waals surface area contributed by atoms with Crippen LogP contribution in [-0.4, -0.2) is 31.7 Å². The second-order valence-electron chi connectivity index (χ2n) is 10.6. The Morgan fingerprint density at radius 3 is 2.36 bits per heavy atom. The van der Waals surface area contributed by atoms with Crippen molar-refractivity contribution in [1.29, 1.82) is 0 Å². The van der Waals surface area contributed by atoms with E-state index >= 15 is 0 Å². The molecule has 2 amide bonds. The van der Waals surface area contributed by atoms with E-state index in [0.29, 0.717) is 27.9 Å². The van der Waals surface area contributed by atoms with Crippen LogP contribution < -0.4 is 14.9 Å². The maximum absolute atomic E-state index is 13.0. The van der Waals surface area contributed by atoms with Crippen molar-refractivity contribution in [1.82, 2.24) is 24.6 Å². The second kappa shape index (κ2) is 12.9. The van der Waals surface area contributed by atoms with Gasteiger partial charge in [0.2, 0.25) is 0 Å². The smallest absolute Gasteiger partial charge is 0.406 e. The molecule has 0 radical (unpaired) electrons. The van der Waals surface area contributed by atoms with Gasteiger partial charge in [-0.3, -0.25) is 4.57 Å². The lowest BCUT2D eigenvalue weighted by atomic mass is 10.0. The molecule has 3 aromatic carbocycles. The van der Waals surface area contributed by atoms with Gasteiger partial charge in [-0.2, -0.15) is 4.99 Å². The molecule has 8 nitrogen and oxygen atoms in total. The summed E-state index contributed by atoms with van der Waals surface area (Å²) in [7, 11) is 0. The van der Waals surface area contributed by atoms with Gasteiger partial charge >= 0.3 is 12.4 Å². The third-order valence-corrected chi connectivity index (χ3v) is 8.08. The average Bonchev–Trinajstić information content (AvgIpc) is 3.63. The molecule has 12 heteroatoms. The van der Waals surface area contributed by atoms with Crippen LogP contribution in [-0.2, 0) is 0 Å². The fourth-order valence-electron chi connectivity index (χ4n) is 4.72. The minimum Gasteiger partial charge on any atom is -0.406 e. The van der Waals surface area contributed by atoms with E-state index in [1.165, 1.54) is 52.2 Å². The number of aromatic nitrogens is 4. The molecule has 1 N–H and O–H groups in total. The first-order valence-electron chi connectivity index (χ1n) is 14.1. The molecule has 232 valence electrons. The predicted molar refractivity (Wildman–Crippen MR) is 168 cm³/mol. The lowest BCUT2D eigenvalue weighted by Crippen LogP contribution is -2.24. The summed E-state index contributed by atoms with van der Waals surface area (Å²) >= 11 is 1.41. The molecule has 0 saturated heterocycles. The minimum atomic E-state index is -4.76. The number of urea groups is 1. The molecule has 0 aliphatic heterocycles. The van der Waals surface area contributed by atoms with Crippen LogP contribution in [0.1, 0.15) is 50.4 Å². The van der Waals surface area contributed by atoms with Gasteiger partial charge < -0.3 is 10.1 Å². The number of nitrogens with zero attached hydrogens (tertiary/aromatic N) is 5. The average molecular weight is 633 g/mol. The van der Waals surface area contributed by atoms with Gasteiger partial charge in [0.1, 0.15) is 12.1 Å². The lowest BCUT2D eigenvalue weighted by Gasteiger charge is -2.15. The summed E-state index contributed by atoms with van der Waals surface area (Å²) in [5, 5.41) is 9.34. The fourth-order valence-corrected chi connectivity index (χ4v) is 5.58. The first-order chi connectivity index (χ1) is 21.4. The topological polar surface area (TPSA) is 86.3 Å². The number of nitrogens with one attached hydrogen (secondary N) is 1. The molecular formula is C33H31F3N6O2S. The fraction of sp³-hybridized carbons (Fsp3) is 0.212. The van der Waals surface area contributed by atoms with Crippen molar-refractivity contribution >= 4 is 22.9 Å². The number of ether oxygens (including phenoxy) is 1. The summed E-state index contributed by atoms with van der Waals surface area (Å²) < 4.78 is 44.7. The maximum Gasteiger partial charge on any atom is 0.573 e. The van der Waals surface area contributed by atoms with E-state index < -0.39 is 12.4 Å². The Morgan fingerprint density at radius 2 is 1.69 bits per heavy atom. The number of aryl methyl sites for hydroxylation is 1. The van der Waals surface area contributed by atoms with Crippen molar-refractivity contribution in [2.24, 2.45) is 4.99 Å². The number of carbonyl (C=O) groups excluding carboxylic acids is 1. The number of benzene rings is 3. The van der Waals surface area contributed by atoms with Crippen LogP contribution in [0.15, 0.2) is 95.2 Å². The Hall–Kier alpha value is -4.97. The zero-order chi connectivity index (χ0) is 32.3. The number of alkyl halides is 3. The molecule has 0 aliphatic carbocycles. The molecule has 5 aromatic rings. The van der Waals surface area contributed by atoms with Crippen molar-refractivity contribution in [2.75, 3.05) is 0 Å². The summed E-state index contributed by atoms with van der Waals surface area (Å²) in [5.41, 5.74) is 6.88. The van der Waals surface area contributed by atoms with Gasteiger partial charge in [0.25, 0.3) is 0 Å². The van der Waals surface area contributed by atoms with E-state index in [0.717, 1.165) is 28.1 Å². The summed E-state index contributed by atoms with van der Waals surface area (Å²) in [5.74, 6) is 0.438.